The highest BCUT2D eigenvalue weighted by atomic mass is 32.1. The normalized spacial score (nSPS) is 11.0. The fraction of sp³-hybridized carbons (Fsp3) is 0.200. The summed E-state index contributed by atoms with van der Waals surface area (Å²) in [5.41, 5.74) is 4.98. The zero-order valence-corrected chi connectivity index (χ0v) is 21.4. The van der Waals surface area contributed by atoms with Gasteiger partial charge in [-0.3, -0.25) is 0 Å². The summed E-state index contributed by atoms with van der Waals surface area (Å²) in [5.74, 6) is -1.64. The van der Waals surface area contributed by atoms with E-state index in [2.05, 4.69) is 43.5 Å². The van der Waals surface area contributed by atoms with Gasteiger partial charge in [-0.05, 0) is 68.0 Å². The molecule has 0 N–H and O–H groups in total. The Balaban J connectivity index is 1.57. The standard InChI is InChI=1S/C30H27FO4S/c1-17(2)29(32)34-16-6-7-20-8-10-21(11-9-20)22-12-13-23-24-14-15-25(35-30(33)18(3)4)26(31)28(24)36-27(23)19(22)5/h8-15H,1,3,6-7,16H2,2,4-5H3. The van der Waals surface area contributed by atoms with E-state index >= 15 is 4.39 Å². The van der Waals surface area contributed by atoms with Crippen LogP contribution < -0.4 is 4.74 Å². The van der Waals surface area contributed by atoms with Gasteiger partial charge in [0.2, 0.25) is 0 Å². The second-order valence-electron chi connectivity index (χ2n) is 8.86. The third kappa shape index (κ3) is 5.09. The number of carbonyl (C=O) groups is 2. The second-order valence-corrected chi connectivity index (χ2v) is 9.88. The molecule has 4 nitrogen and oxygen atoms in total. The summed E-state index contributed by atoms with van der Waals surface area (Å²) in [7, 11) is 0. The Bertz CT molecular complexity index is 1510. The number of thiophene rings is 1. The summed E-state index contributed by atoms with van der Waals surface area (Å²) in [5, 5.41) is 1.76. The molecule has 0 atom stereocenters. The monoisotopic (exact) mass is 502 g/mol. The predicted octanol–water partition coefficient (Wildman–Crippen LogP) is 7.70. The second kappa shape index (κ2) is 10.5. The lowest BCUT2D eigenvalue weighted by molar-refractivity contribution is -0.139. The maximum Gasteiger partial charge on any atom is 0.338 e. The highest BCUT2D eigenvalue weighted by Crippen LogP contribution is 2.42. The van der Waals surface area contributed by atoms with E-state index < -0.39 is 11.8 Å². The highest BCUT2D eigenvalue weighted by molar-refractivity contribution is 7.26. The molecule has 0 amide bonds. The van der Waals surface area contributed by atoms with Crippen molar-refractivity contribution in [2.24, 2.45) is 0 Å². The largest absolute Gasteiger partial charge is 0.462 e. The van der Waals surface area contributed by atoms with Gasteiger partial charge in [0.05, 0.1) is 11.3 Å². The molecule has 6 heteroatoms. The van der Waals surface area contributed by atoms with Gasteiger partial charge in [-0.25, -0.2) is 14.0 Å². The molecule has 0 aliphatic carbocycles. The number of benzene rings is 3. The van der Waals surface area contributed by atoms with Crippen LogP contribution in [0.15, 0.2) is 72.8 Å². The first-order chi connectivity index (χ1) is 17.2. The van der Waals surface area contributed by atoms with Gasteiger partial charge in [-0.15, -0.1) is 11.3 Å². The lowest BCUT2D eigenvalue weighted by Gasteiger charge is -2.09. The van der Waals surface area contributed by atoms with E-state index in [4.69, 9.17) is 9.47 Å². The number of fused-ring (bicyclic) bond motifs is 3. The summed E-state index contributed by atoms with van der Waals surface area (Å²) in [6.45, 7) is 12.7. The molecule has 1 heterocycles. The fourth-order valence-corrected chi connectivity index (χ4v) is 5.21. The molecule has 0 aliphatic rings. The molecule has 0 unspecified atom stereocenters. The van der Waals surface area contributed by atoms with Crippen LogP contribution >= 0.6 is 11.3 Å². The number of halogens is 1. The van der Waals surface area contributed by atoms with E-state index in [9.17, 15) is 9.59 Å². The van der Waals surface area contributed by atoms with Gasteiger partial charge in [0, 0.05) is 26.6 Å². The van der Waals surface area contributed by atoms with E-state index in [1.165, 1.54) is 24.3 Å². The Morgan fingerprint density at radius 2 is 1.53 bits per heavy atom. The Morgan fingerprint density at radius 3 is 2.19 bits per heavy atom. The van der Waals surface area contributed by atoms with Gasteiger partial charge in [0.1, 0.15) is 0 Å². The van der Waals surface area contributed by atoms with Crippen LogP contribution in [0.25, 0.3) is 31.3 Å². The molecule has 0 fully saturated rings. The molecule has 0 radical (unpaired) electrons. The van der Waals surface area contributed by atoms with Crippen LogP contribution in [0.3, 0.4) is 0 Å². The van der Waals surface area contributed by atoms with Crippen molar-refractivity contribution in [2.45, 2.75) is 33.6 Å². The summed E-state index contributed by atoms with van der Waals surface area (Å²) in [4.78, 5) is 23.3. The highest BCUT2D eigenvalue weighted by Gasteiger charge is 2.18. The molecule has 4 rings (SSSR count). The molecule has 184 valence electrons. The minimum absolute atomic E-state index is 0.0927. The third-order valence-electron chi connectivity index (χ3n) is 5.97. The van der Waals surface area contributed by atoms with Gasteiger partial charge < -0.3 is 9.47 Å². The molecule has 0 aliphatic heterocycles. The Hall–Kier alpha value is -3.77. The molecule has 36 heavy (non-hydrogen) atoms. The molecule has 0 saturated heterocycles. The summed E-state index contributed by atoms with van der Waals surface area (Å²) >= 11 is 1.36. The first-order valence-corrected chi connectivity index (χ1v) is 12.4. The third-order valence-corrected chi connectivity index (χ3v) is 7.30. The lowest BCUT2D eigenvalue weighted by Crippen LogP contribution is -2.09. The summed E-state index contributed by atoms with van der Waals surface area (Å²) < 4.78 is 27.0. The van der Waals surface area contributed by atoms with Crippen LogP contribution in [0.2, 0.25) is 0 Å². The average molecular weight is 503 g/mol. The van der Waals surface area contributed by atoms with Crippen LogP contribution in [0.5, 0.6) is 5.75 Å². The number of ether oxygens (including phenoxy) is 2. The first kappa shape index (κ1) is 25.3. The number of rotatable bonds is 8. The number of carbonyl (C=O) groups excluding carboxylic acids is 2. The van der Waals surface area contributed by atoms with Crippen molar-refractivity contribution in [3.8, 4) is 16.9 Å². The minimum atomic E-state index is -0.649. The van der Waals surface area contributed by atoms with E-state index in [0.717, 1.165) is 50.6 Å². The minimum Gasteiger partial charge on any atom is -0.462 e. The zero-order chi connectivity index (χ0) is 26.0. The van der Waals surface area contributed by atoms with Gasteiger partial charge in [0.15, 0.2) is 11.6 Å². The quantitative estimate of drug-likeness (QED) is 0.107. The van der Waals surface area contributed by atoms with Crippen molar-refractivity contribution in [1.29, 1.82) is 0 Å². The molecular formula is C30H27FO4S. The summed E-state index contributed by atoms with van der Waals surface area (Å²) in [6, 6.07) is 15.7. The number of esters is 2. The maximum atomic E-state index is 15.2. The number of hydrogen-bond donors (Lipinski definition) is 0. The van der Waals surface area contributed by atoms with E-state index in [1.54, 1.807) is 13.0 Å². The molecule has 3 aromatic carbocycles. The number of hydrogen-bond acceptors (Lipinski definition) is 5. The van der Waals surface area contributed by atoms with Crippen molar-refractivity contribution < 1.29 is 23.5 Å². The van der Waals surface area contributed by atoms with Crippen LogP contribution in [0.1, 0.15) is 31.4 Å². The fourth-order valence-electron chi connectivity index (χ4n) is 3.98. The SMILES string of the molecule is C=C(C)C(=O)OCCCc1ccc(-c2ccc3c(sc4c(F)c(OC(=O)C(=C)C)ccc43)c2C)cc1. The maximum absolute atomic E-state index is 15.2. The smallest absolute Gasteiger partial charge is 0.338 e. The van der Waals surface area contributed by atoms with Crippen molar-refractivity contribution in [3.63, 3.8) is 0 Å². The Kier molecular flexibility index (Phi) is 7.36. The zero-order valence-electron chi connectivity index (χ0n) is 20.6. The van der Waals surface area contributed by atoms with E-state index in [0.29, 0.717) is 16.9 Å². The Morgan fingerprint density at radius 1 is 0.889 bits per heavy atom. The lowest BCUT2D eigenvalue weighted by atomic mass is 9.97. The van der Waals surface area contributed by atoms with Crippen molar-refractivity contribution in [2.75, 3.05) is 6.61 Å². The van der Waals surface area contributed by atoms with Crippen molar-refractivity contribution >= 4 is 43.4 Å². The average Bonchev–Trinajstić information content (AvgIpc) is 3.24. The van der Waals surface area contributed by atoms with E-state index in [1.807, 2.05) is 13.0 Å². The van der Waals surface area contributed by atoms with Crippen LogP contribution in [0.4, 0.5) is 4.39 Å². The molecule has 0 bridgehead atoms. The molecule has 1 aromatic heterocycles. The van der Waals surface area contributed by atoms with Gasteiger partial charge in [-0.1, -0.05) is 49.6 Å². The number of aryl methyl sites for hydroxylation is 2. The Labute approximate surface area is 213 Å². The van der Waals surface area contributed by atoms with Crippen LogP contribution in [-0.2, 0) is 20.7 Å². The summed E-state index contributed by atoms with van der Waals surface area (Å²) in [6.07, 6.45) is 1.54. The predicted molar refractivity (Wildman–Crippen MR) is 144 cm³/mol. The van der Waals surface area contributed by atoms with Crippen molar-refractivity contribution in [1.82, 2.24) is 0 Å². The first-order valence-electron chi connectivity index (χ1n) is 11.6. The van der Waals surface area contributed by atoms with E-state index in [-0.39, 0.29) is 17.3 Å². The molecular weight excluding hydrogens is 475 g/mol. The van der Waals surface area contributed by atoms with Gasteiger partial charge in [0.25, 0.3) is 0 Å². The molecule has 4 aromatic rings. The van der Waals surface area contributed by atoms with Crippen LogP contribution in [0, 0.1) is 12.7 Å². The topological polar surface area (TPSA) is 52.6 Å². The molecule has 0 saturated carbocycles. The van der Waals surface area contributed by atoms with Gasteiger partial charge >= 0.3 is 11.9 Å². The van der Waals surface area contributed by atoms with Crippen LogP contribution in [-0.4, -0.2) is 18.5 Å². The van der Waals surface area contributed by atoms with Crippen molar-refractivity contribution in [3.05, 3.63) is 89.8 Å². The molecule has 0 spiro atoms. The van der Waals surface area contributed by atoms with Gasteiger partial charge in [-0.2, -0.15) is 0 Å².